The molecule has 1 aliphatic heterocycles. The van der Waals surface area contributed by atoms with Gasteiger partial charge in [-0.25, -0.2) is 4.79 Å². The Morgan fingerprint density at radius 1 is 1.53 bits per heavy atom. The summed E-state index contributed by atoms with van der Waals surface area (Å²) in [6.07, 6.45) is 2.02. The van der Waals surface area contributed by atoms with Gasteiger partial charge in [0.15, 0.2) is 0 Å². The van der Waals surface area contributed by atoms with Crippen molar-refractivity contribution in [1.29, 1.82) is 0 Å². The predicted octanol–water partition coefficient (Wildman–Crippen LogP) is 1.36. The lowest BCUT2D eigenvalue weighted by molar-refractivity contribution is 0.247. The molecule has 15 heavy (non-hydrogen) atoms. The monoisotopic (exact) mass is 205 g/mol. The van der Waals surface area contributed by atoms with Crippen molar-refractivity contribution >= 4 is 17.4 Å². The van der Waals surface area contributed by atoms with Crippen molar-refractivity contribution < 1.29 is 4.79 Å². The molecule has 1 heterocycles. The number of benzene rings is 1. The Morgan fingerprint density at radius 2 is 2.33 bits per heavy atom. The molecule has 0 unspecified atom stereocenters. The molecule has 1 aromatic rings. The molecule has 0 aliphatic carbocycles. The summed E-state index contributed by atoms with van der Waals surface area (Å²) >= 11 is 0. The number of nitrogen functional groups attached to an aromatic ring is 1. The Morgan fingerprint density at radius 3 is 3.07 bits per heavy atom. The number of rotatable bonds is 0. The van der Waals surface area contributed by atoms with E-state index in [-0.39, 0.29) is 6.03 Å². The van der Waals surface area contributed by atoms with Gasteiger partial charge in [0, 0.05) is 19.3 Å². The number of carbonyl (C=O) groups excluding carboxylic acids is 1. The minimum absolute atomic E-state index is 0.0680. The summed E-state index contributed by atoms with van der Waals surface area (Å²) < 4.78 is 0. The van der Waals surface area contributed by atoms with Gasteiger partial charge in [0.2, 0.25) is 0 Å². The third-order valence-corrected chi connectivity index (χ3v) is 2.69. The van der Waals surface area contributed by atoms with Crippen molar-refractivity contribution in [2.75, 3.05) is 24.2 Å². The number of hydrogen-bond donors (Lipinski definition) is 2. The van der Waals surface area contributed by atoms with Crippen LogP contribution in [-0.4, -0.2) is 19.6 Å². The Bertz CT molecular complexity index is 389. The molecule has 1 aliphatic rings. The Labute approximate surface area is 89.1 Å². The van der Waals surface area contributed by atoms with E-state index >= 15 is 0 Å². The van der Waals surface area contributed by atoms with Crippen LogP contribution in [0.2, 0.25) is 0 Å². The number of fused-ring (bicyclic) bond motifs is 1. The molecule has 4 heteroatoms. The van der Waals surface area contributed by atoms with Gasteiger partial charge in [-0.05, 0) is 30.5 Å². The highest BCUT2D eigenvalue weighted by Crippen LogP contribution is 2.28. The van der Waals surface area contributed by atoms with Gasteiger partial charge in [-0.2, -0.15) is 0 Å². The molecule has 0 bridgehead atoms. The quantitative estimate of drug-likeness (QED) is 0.628. The van der Waals surface area contributed by atoms with Gasteiger partial charge in [0.05, 0.1) is 5.69 Å². The first-order chi connectivity index (χ1) is 7.22. The van der Waals surface area contributed by atoms with Crippen molar-refractivity contribution in [3.8, 4) is 0 Å². The molecule has 0 fully saturated rings. The van der Waals surface area contributed by atoms with Gasteiger partial charge < -0.3 is 11.1 Å². The summed E-state index contributed by atoms with van der Waals surface area (Å²) in [5.74, 6) is 0. The molecular weight excluding hydrogens is 190 g/mol. The molecule has 2 amide bonds. The molecule has 3 N–H and O–H groups in total. The molecule has 80 valence electrons. The molecule has 0 saturated carbocycles. The lowest BCUT2D eigenvalue weighted by atomic mass is 10.0. The van der Waals surface area contributed by atoms with E-state index in [9.17, 15) is 4.79 Å². The number of nitrogens with zero attached hydrogens (tertiary/aromatic N) is 1. The Balaban J connectivity index is 2.40. The highest BCUT2D eigenvalue weighted by Gasteiger charge is 2.21. The maximum Gasteiger partial charge on any atom is 0.321 e. The molecule has 1 aromatic carbocycles. The van der Waals surface area contributed by atoms with Crippen LogP contribution in [-0.2, 0) is 6.42 Å². The minimum atomic E-state index is -0.0680. The highest BCUT2D eigenvalue weighted by atomic mass is 16.2. The first-order valence-corrected chi connectivity index (χ1v) is 5.10. The fourth-order valence-corrected chi connectivity index (χ4v) is 1.94. The van der Waals surface area contributed by atoms with Crippen LogP contribution >= 0.6 is 0 Å². The summed E-state index contributed by atoms with van der Waals surface area (Å²) in [5, 5.41) is 2.64. The third kappa shape index (κ3) is 1.75. The van der Waals surface area contributed by atoms with Gasteiger partial charge in [-0.1, -0.05) is 6.07 Å². The minimum Gasteiger partial charge on any atom is -0.399 e. The average molecular weight is 205 g/mol. The molecule has 0 spiro atoms. The number of hydrogen-bond acceptors (Lipinski definition) is 2. The van der Waals surface area contributed by atoms with Gasteiger partial charge in [-0.15, -0.1) is 0 Å². The van der Waals surface area contributed by atoms with E-state index in [4.69, 9.17) is 5.73 Å². The third-order valence-electron chi connectivity index (χ3n) is 2.69. The zero-order chi connectivity index (χ0) is 10.8. The standard InChI is InChI=1S/C11H15N3O/c1-13-11(15)14-6-2-3-8-4-5-9(12)7-10(8)14/h4-5,7H,2-3,6,12H2,1H3,(H,13,15). The van der Waals surface area contributed by atoms with Crippen LogP contribution in [0.25, 0.3) is 0 Å². The Kier molecular flexibility index (Phi) is 2.49. The SMILES string of the molecule is CNC(=O)N1CCCc2ccc(N)cc21. The van der Waals surface area contributed by atoms with Crippen molar-refractivity contribution in [1.82, 2.24) is 5.32 Å². The van der Waals surface area contributed by atoms with Crippen LogP contribution in [0.15, 0.2) is 18.2 Å². The van der Waals surface area contributed by atoms with Crippen molar-refractivity contribution in [2.45, 2.75) is 12.8 Å². The van der Waals surface area contributed by atoms with E-state index in [1.807, 2.05) is 18.2 Å². The average Bonchev–Trinajstić information content (AvgIpc) is 2.27. The van der Waals surface area contributed by atoms with E-state index in [0.29, 0.717) is 5.69 Å². The maximum absolute atomic E-state index is 11.6. The number of carbonyl (C=O) groups is 1. The lowest BCUT2D eigenvalue weighted by Crippen LogP contribution is -2.41. The first kappa shape index (κ1) is 9.83. The smallest absolute Gasteiger partial charge is 0.321 e. The summed E-state index contributed by atoms with van der Waals surface area (Å²) in [6, 6.07) is 5.68. The summed E-state index contributed by atoms with van der Waals surface area (Å²) in [7, 11) is 1.64. The second kappa shape index (κ2) is 3.81. The van der Waals surface area contributed by atoms with Crippen molar-refractivity contribution in [2.24, 2.45) is 0 Å². The van der Waals surface area contributed by atoms with Crippen LogP contribution in [0.4, 0.5) is 16.2 Å². The van der Waals surface area contributed by atoms with E-state index < -0.39 is 0 Å². The van der Waals surface area contributed by atoms with Crippen LogP contribution < -0.4 is 16.0 Å². The fraction of sp³-hybridized carbons (Fsp3) is 0.364. The number of nitrogens with two attached hydrogens (primary N) is 1. The molecule has 0 atom stereocenters. The lowest BCUT2D eigenvalue weighted by Gasteiger charge is -2.29. The maximum atomic E-state index is 11.6. The van der Waals surface area contributed by atoms with E-state index in [1.165, 1.54) is 5.56 Å². The number of urea groups is 1. The number of anilines is 2. The van der Waals surface area contributed by atoms with Crippen LogP contribution in [0.5, 0.6) is 0 Å². The second-order valence-electron chi connectivity index (χ2n) is 3.70. The first-order valence-electron chi connectivity index (χ1n) is 5.10. The van der Waals surface area contributed by atoms with Gasteiger partial charge in [0.25, 0.3) is 0 Å². The van der Waals surface area contributed by atoms with Gasteiger partial charge in [0.1, 0.15) is 0 Å². The zero-order valence-corrected chi connectivity index (χ0v) is 8.79. The van der Waals surface area contributed by atoms with Crippen LogP contribution in [0, 0.1) is 0 Å². The van der Waals surface area contributed by atoms with Crippen molar-refractivity contribution in [3.63, 3.8) is 0 Å². The van der Waals surface area contributed by atoms with Crippen LogP contribution in [0.1, 0.15) is 12.0 Å². The molecule has 0 saturated heterocycles. The Hall–Kier alpha value is -1.71. The number of aryl methyl sites for hydroxylation is 1. The normalized spacial score (nSPS) is 14.6. The zero-order valence-electron chi connectivity index (χ0n) is 8.79. The fourth-order valence-electron chi connectivity index (χ4n) is 1.94. The predicted molar refractivity (Wildman–Crippen MR) is 61.0 cm³/mol. The highest BCUT2D eigenvalue weighted by molar-refractivity contribution is 5.93. The van der Waals surface area contributed by atoms with E-state index in [2.05, 4.69) is 5.32 Å². The number of amides is 2. The van der Waals surface area contributed by atoms with Crippen LogP contribution in [0.3, 0.4) is 0 Å². The molecule has 0 aromatic heterocycles. The molecular formula is C11H15N3O. The molecule has 4 nitrogen and oxygen atoms in total. The van der Waals surface area contributed by atoms with E-state index in [1.54, 1.807) is 11.9 Å². The van der Waals surface area contributed by atoms with Crippen molar-refractivity contribution in [3.05, 3.63) is 23.8 Å². The van der Waals surface area contributed by atoms with Gasteiger partial charge >= 0.3 is 6.03 Å². The summed E-state index contributed by atoms with van der Waals surface area (Å²) in [4.78, 5) is 13.4. The topological polar surface area (TPSA) is 58.4 Å². The second-order valence-corrected chi connectivity index (χ2v) is 3.70. The molecule has 2 rings (SSSR count). The van der Waals surface area contributed by atoms with E-state index in [0.717, 1.165) is 25.1 Å². The largest absolute Gasteiger partial charge is 0.399 e. The number of nitrogens with one attached hydrogen (secondary N) is 1. The van der Waals surface area contributed by atoms with Gasteiger partial charge in [-0.3, -0.25) is 4.90 Å². The molecule has 0 radical (unpaired) electrons. The summed E-state index contributed by atoms with van der Waals surface area (Å²) in [5.41, 5.74) is 8.56. The summed E-state index contributed by atoms with van der Waals surface area (Å²) in [6.45, 7) is 0.760.